The van der Waals surface area contributed by atoms with Crippen molar-refractivity contribution in [3.05, 3.63) is 33.9 Å². The average Bonchev–Trinajstić information content (AvgIpc) is 2.47. The van der Waals surface area contributed by atoms with Gasteiger partial charge in [0.1, 0.15) is 5.69 Å². The fourth-order valence-corrected chi connectivity index (χ4v) is 2.92. The molecule has 24 heavy (non-hydrogen) atoms. The number of carboxylic acids is 1. The van der Waals surface area contributed by atoms with E-state index >= 15 is 0 Å². The number of likely N-dealkylation sites (N-methyl/N-ethyl adjacent to an activating group) is 1. The van der Waals surface area contributed by atoms with Crippen molar-refractivity contribution in [2.45, 2.75) is 38.8 Å². The number of carboxylic acid groups (broad SMARTS) is 1. The van der Waals surface area contributed by atoms with Crippen molar-refractivity contribution >= 4 is 23.1 Å². The molecule has 1 aromatic carbocycles. The number of nitro benzene ring substituents is 1. The van der Waals surface area contributed by atoms with Crippen molar-refractivity contribution in [2.75, 3.05) is 18.4 Å². The van der Waals surface area contributed by atoms with E-state index in [9.17, 15) is 19.7 Å². The highest BCUT2D eigenvalue weighted by atomic mass is 16.6. The highest BCUT2D eigenvalue weighted by Gasteiger charge is 2.34. The fourth-order valence-electron chi connectivity index (χ4n) is 2.92. The summed E-state index contributed by atoms with van der Waals surface area (Å²) in [4.78, 5) is 34.8. The standard InChI is InChI=1S/C16H21N3O5/c1-3-18(9-16(21)22)13-7-12(8-13)17-14-5-4-11(10(2)20)6-15(14)19(23)24/h4-6,12-13,17H,3,7-9H2,1-2H3,(H,21,22). The average molecular weight is 335 g/mol. The van der Waals surface area contributed by atoms with Crippen LogP contribution in [0.2, 0.25) is 0 Å². The van der Waals surface area contributed by atoms with Crippen molar-refractivity contribution in [2.24, 2.45) is 0 Å². The first-order valence-electron chi connectivity index (χ1n) is 7.83. The van der Waals surface area contributed by atoms with Crippen LogP contribution in [-0.2, 0) is 4.79 Å². The third-order valence-electron chi connectivity index (χ3n) is 4.33. The molecule has 0 aromatic heterocycles. The number of hydrogen-bond donors (Lipinski definition) is 2. The van der Waals surface area contributed by atoms with E-state index in [2.05, 4.69) is 5.32 Å². The van der Waals surface area contributed by atoms with E-state index in [1.807, 2.05) is 11.8 Å². The summed E-state index contributed by atoms with van der Waals surface area (Å²) in [6.45, 7) is 3.93. The maximum absolute atomic E-state index is 11.4. The zero-order valence-corrected chi connectivity index (χ0v) is 13.7. The lowest BCUT2D eigenvalue weighted by Crippen LogP contribution is -2.51. The maximum atomic E-state index is 11.4. The van der Waals surface area contributed by atoms with Crippen molar-refractivity contribution in [1.82, 2.24) is 4.90 Å². The Hall–Kier alpha value is -2.48. The van der Waals surface area contributed by atoms with Gasteiger partial charge in [0.05, 0.1) is 11.5 Å². The zero-order chi connectivity index (χ0) is 17.9. The van der Waals surface area contributed by atoms with Gasteiger partial charge in [-0.25, -0.2) is 0 Å². The Labute approximate surface area is 139 Å². The Morgan fingerprint density at radius 3 is 2.58 bits per heavy atom. The molecular weight excluding hydrogens is 314 g/mol. The van der Waals surface area contributed by atoms with Gasteiger partial charge in [0.15, 0.2) is 5.78 Å². The molecule has 0 saturated heterocycles. The van der Waals surface area contributed by atoms with E-state index in [1.54, 1.807) is 12.1 Å². The van der Waals surface area contributed by atoms with Crippen LogP contribution in [0, 0.1) is 10.1 Å². The molecule has 130 valence electrons. The summed E-state index contributed by atoms with van der Waals surface area (Å²) in [5.41, 5.74) is 0.566. The van der Waals surface area contributed by atoms with E-state index in [4.69, 9.17) is 5.11 Å². The summed E-state index contributed by atoms with van der Waals surface area (Å²) in [5.74, 6) is -1.08. The van der Waals surface area contributed by atoms with Crippen LogP contribution in [0.4, 0.5) is 11.4 Å². The van der Waals surface area contributed by atoms with Gasteiger partial charge in [0.2, 0.25) is 0 Å². The molecule has 0 unspecified atom stereocenters. The van der Waals surface area contributed by atoms with Gasteiger partial charge in [-0.15, -0.1) is 0 Å². The second-order valence-electron chi connectivity index (χ2n) is 5.97. The zero-order valence-electron chi connectivity index (χ0n) is 13.7. The van der Waals surface area contributed by atoms with Crippen LogP contribution in [-0.4, -0.2) is 51.9 Å². The number of hydrogen-bond acceptors (Lipinski definition) is 6. The van der Waals surface area contributed by atoms with Crippen LogP contribution in [0.25, 0.3) is 0 Å². The van der Waals surface area contributed by atoms with Crippen LogP contribution in [0.15, 0.2) is 18.2 Å². The SMILES string of the molecule is CCN(CC(=O)O)C1CC(Nc2ccc(C(C)=O)cc2[N+](=O)[O-])C1. The molecule has 0 amide bonds. The topological polar surface area (TPSA) is 113 Å². The minimum absolute atomic E-state index is 0.00133. The monoisotopic (exact) mass is 335 g/mol. The van der Waals surface area contributed by atoms with Gasteiger partial charge in [-0.05, 0) is 38.4 Å². The van der Waals surface area contributed by atoms with Crippen molar-refractivity contribution in [3.8, 4) is 0 Å². The second kappa shape index (κ2) is 7.39. The van der Waals surface area contributed by atoms with E-state index < -0.39 is 10.9 Å². The van der Waals surface area contributed by atoms with Gasteiger partial charge < -0.3 is 10.4 Å². The normalized spacial score (nSPS) is 19.6. The minimum Gasteiger partial charge on any atom is -0.480 e. The number of benzene rings is 1. The molecule has 1 aromatic rings. The molecule has 8 nitrogen and oxygen atoms in total. The smallest absolute Gasteiger partial charge is 0.317 e. The number of anilines is 1. The Balaban J connectivity index is 2.02. The maximum Gasteiger partial charge on any atom is 0.317 e. The molecule has 0 atom stereocenters. The quantitative estimate of drug-likeness (QED) is 0.425. The molecule has 0 aliphatic heterocycles. The van der Waals surface area contributed by atoms with E-state index in [1.165, 1.54) is 13.0 Å². The molecule has 2 N–H and O–H groups in total. The first-order chi connectivity index (χ1) is 11.3. The first-order valence-corrected chi connectivity index (χ1v) is 7.83. The molecule has 0 spiro atoms. The van der Waals surface area contributed by atoms with Crippen molar-refractivity contribution < 1.29 is 19.6 Å². The number of nitrogens with one attached hydrogen (secondary N) is 1. The van der Waals surface area contributed by atoms with Gasteiger partial charge in [-0.2, -0.15) is 0 Å². The summed E-state index contributed by atoms with van der Waals surface area (Å²) in [6, 6.07) is 4.62. The lowest BCUT2D eigenvalue weighted by atomic mass is 9.85. The Bertz CT molecular complexity index is 655. The third-order valence-corrected chi connectivity index (χ3v) is 4.33. The molecule has 1 fully saturated rings. The minimum atomic E-state index is -0.858. The summed E-state index contributed by atoms with van der Waals surface area (Å²) in [7, 11) is 0. The summed E-state index contributed by atoms with van der Waals surface area (Å²) >= 11 is 0. The van der Waals surface area contributed by atoms with E-state index in [0.29, 0.717) is 17.8 Å². The lowest BCUT2D eigenvalue weighted by Gasteiger charge is -2.42. The van der Waals surface area contributed by atoms with Crippen molar-refractivity contribution in [3.63, 3.8) is 0 Å². The molecular formula is C16H21N3O5. The van der Waals surface area contributed by atoms with Gasteiger partial charge in [-0.1, -0.05) is 6.92 Å². The first kappa shape index (κ1) is 17.9. The van der Waals surface area contributed by atoms with Gasteiger partial charge >= 0.3 is 5.97 Å². The third kappa shape index (κ3) is 4.08. The van der Waals surface area contributed by atoms with Crippen LogP contribution >= 0.6 is 0 Å². The van der Waals surface area contributed by atoms with E-state index in [-0.39, 0.29) is 30.1 Å². The molecule has 0 heterocycles. The molecule has 0 radical (unpaired) electrons. The predicted molar refractivity (Wildman–Crippen MR) is 88.4 cm³/mol. The summed E-state index contributed by atoms with van der Waals surface area (Å²) in [6.07, 6.45) is 1.46. The lowest BCUT2D eigenvalue weighted by molar-refractivity contribution is -0.384. The number of nitrogens with zero attached hydrogens (tertiary/aromatic N) is 2. The molecule has 8 heteroatoms. The highest BCUT2D eigenvalue weighted by Crippen LogP contribution is 2.32. The van der Waals surface area contributed by atoms with Crippen LogP contribution in [0.1, 0.15) is 37.0 Å². The number of Topliss-reactive ketones (excluding diaryl/α,β-unsaturated/α-hetero) is 1. The van der Waals surface area contributed by atoms with Gasteiger partial charge in [-0.3, -0.25) is 24.6 Å². The Kier molecular flexibility index (Phi) is 5.50. The summed E-state index contributed by atoms with van der Waals surface area (Å²) in [5, 5.41) is 23.2. The van der Waals surface area contributed by atoms with Gasteiger partial charge in [0.25, 0.3) is 5.69 Å². The molecule has 2 rings (SSSR count). The highest BCUT2D eigenvalue weighted by molar-refractivity contribution is 5.95. The fraction of sp³-hybridized carbons (Fsp3) is 0.500. The second-order valence-corrected chi connectivity index (χ2v) is 5.97. The Morgan fingerprint density at radius 1 is 1.42 bits per heavy atom. The molecule has 1 saturated carbocycles. The number of nitro groups is 1. The number of aliphatic carboxylic acids is 1. The van der Waals surface area contributed by atoms with Crippen LogP contribution < -0.4 is 5.32 Å². The van der Waals surface area contributed by atoms with Crippen LogP contribution in [0.3, 0.4) is 0 Å². The number of carbonyl (C=O) groups excluding carboxylic acids is 1. The van der Waals surface area contributed by atoms with Crippen LogP contribution in [0.5, 0.6) is 0 Å². The van der Waals surface area contributed by atoms with E-state index in [0.717, 1.165) is 12.8 Å². The number of ketones is 1. The number of rotatable bonds is 8. The van der Waals surface area contributed by atoms with Gasteiger partial charge in [0, 0.05) is 23.7 Å². The largest absolute Gasteiger partial charge is 0.480 e. The molecule has 0 bridgehead atoms. The summed E-state index contributed by atoms with van der Waals surface area (Å²) < 4.78 is 0. The molecule has 1 aliphatic carbocycles. The predicted octanol–water partition coefficient (Wildman–Crippen LogP) is 2.15. The number of carbonyl (C=O) groups is 2. The molecule has 1 aliphatic rings. The van der Waals surface area contributed by atoms with Crippen molar-refractivity contribution in [1.29, 1.82) is 0 Å². The Morgan fingerprint density at radius 2 is 2.08 bits per heavy atom.